The SMILES string of the molecule is c1ccc(-c2ccc(-c3nc(-c4ccc5ccccc5c4)nc(-c4cc(C5CCc6cc7ccccc7cc6-c6cc7ccccc7cc65)c5oc6cc7ccccc7cc6c5c4)n3)cc2)cc1. The molecule has 1 unspecified atom stereocenters. The summed E-state index contributed by atoms with van der Waals surface area (Å²) in [7, 11) is 0. The van der Waals surface area contributed by atoms with Gasteiger partial charge in [0, 0.05) is 38.9 Å². The van der Waals surface area contributed by atoms with Crippen molar-refractivity contribution in [2.45, 2.75) is 18.8 Å². The van der Waals surface area contributed by atoms with E-state index in [-0.39, 0.29) is 5.92 Å². The molecular formula is C64H41N3O. The number of hydrogen-bond donors (Lipinski definition) is 0. The van der Waals surface area contributed by atoms with E-state index < -0.39 is 0 Å². The maximum Gasteiger partial charge on any atom is 0.164 e. The Balaban J connectivity index is 1.02. The van der Waals surface area contributed by atoms with Gasteiger partial charge in [0.15, 0.2) is 17.5 Å². The normalized spacial score (nSPS) is 13.6. The number of nitrogens with zero attached hydrogens (tertiary/aromatic N) is 3. The van der Waals surface area contributed by atoms with Crippen molar-refractivity contribution in [2.24, 2.45) is 0 Å². The van der Waals surface area contributed by atoms with Crippen molar-refractivity contribution >= 4 is 65.0 Å². The van der Waals surface area contributed by atoms with Crippen LogP contribution in [0, 0.1) is 0 Å². The summed E-state index contributed by atoms with van der Waals surface area (Å²) in [5, 5.41) is 11.7. The van der Waals surface area contributed by atoms with Crippen molar-refractivity contribution in [1.29, 1.82) is 0 Å². The van der Waals surface area contributed by atoms with Gasteiger partial charge in [-0.3, -0.25) is 0 Å². The number of aryl methyl sites for hydroxylation is 1. The second kappa shape index (κ2) is 15.4. The molecule has 0 N–H and O–H groups in total. The lowest BCUT2D eigenvalue weighted by Crippen LogP contribution is -2.05. The van der Waals surface area contributed by atoms with Crippen molar-refractivity contribution in [3.8, 4) is 56.4 Å². The van der Waals surface area contributed by atoms with E-state index in [9.17, 15) is 0 Å². The van der Waals surface area contributed by atoms with E-state index in [2.05, 4.69) is 212 Å². The molecule has 4 nitrogen and oxygen atoms in total. The molecule has 13 aromatic rings. The van der Waals surface area contributed by atoms with Crippen LogP contribution in [0.5, 0.6) is 0 Å². The van der Waals surface area contributed by atoms with Crippen LogP contribution in [-0.2, 0) is 6.42 Å². The van der Waals surface area contributed by atoms with E-state index in [1.54, 1.807) is 0 Å². The van der Waals surface area contributed by atoms with Crippen LogP contribution in [0.4, 0.5) is 0 Å². The molecular weight excluding hydrogens is 827 g/mol. The average Bonchev–Trinajstić information content (AvgIpc) is 3.69. The summed E-state index contributed by atoms with van der Waals surface area (Å²) in [6, 6.07) is 78.7. The van der Waals surface area contributed by atoms with E-state index >= 15 is 0 Å². The highest BCUT2D eigenvalue weighted by Gasteiger charge is 2.29. The molecule has 0 radical (unpaired) electrons. The molecule has 2 heterocycles. The number of furan rings is 1. The lowest BCUT2D eigenvalue weighted by atomic mass is 9.83. The largest absolute Gasteiger partial charge is 0.456 e. The van der Waals surface area contributed by atoms with Gasteiger partial charge in [0.25, 0.3) is 0 Å². The first-order valence-corrected chi connectivity index (χ1v) is 23.5. The lowest BCUT2D eigenvalue weighted by Gasteiger charge is -2.21. The van der Waals surface area contributed by atoms with Gasteiger partial charge in [-0.2, -0.15) is 0 Å². The van der Waals surface area contributed by atoms with E-state index in [0.717, 1.165) is 78.9 Å². The van der Waals surface area contributed by atoms with Gasteiger partial charge in [0.05, 0.1) is 0 Å². The summed E-state index contributed by atoms with van der Waals surface area (Å²) >= 11 is 0. The Morgan fingerprint density at radius 1 is 0.338 bits per heavy atom. The van der Waals surface area contributed by atoms with Gasteiger partial charge >= 0.3 is 0 Å². The van der Waals surface area contributed by atoms with Gasteiger partial charge in [-0.25, -0.2) is 15.0 Å². The molecule has 0 saturated heterocycles. The van der Waals surface area contributed by atoms with E-state index in [1.807, 2.05) is 6.07 Å². The van der Waals surface area contributed by atoms with Crippen molar-refractivity contribution < 1.29 is 4.42 Å². The Morgan fingerprint density at radius 2 is 0.853 bits per heavy atom. The van der Waals surface area contributed by atoms with E-state index in [0.29, 0.717) is 17.5 Å². The van der Waals surface area contributed by atoms with Crippen molar-refractivity contribution in [3.05, 3.63) is 235 Å². The molecule has 68 heavy (non-hydrogen) atoms. The monoisotopic (exact) mass is 867 g/mol. The zero-order chi connectivity index (χ0) is 44.7. The highest BCUT2D eigenvalue weighted by molar-refractivity contribution is 6.12. The summed E-state index contributed by atoms with van der Waals surface area (Å²) in [6.07, 6.45) is 1.81. The Kier molecular flexibility index (Phi) is 8.75. The van der Waals surface area contributed by atoms with Crippen LogP contribution in [0.1, 0.15) is 29.0 Å². The Labute approximate surface area is 392 Å². The van der Waals surface area contributed by atoms with Crippen LogP contribution >= 0.6 is 0 Å². The molecule has 318 valence electrons. The molecule has 0 bridgehead atoms. The third kappa shape index (κ3) is 6.48. The summed E-state index contributed by atoms with van der Waals surface area (Å²) in [5.74, 6) is 1.86. The van der Waals surface area contributed by atoms with Crippen molar-refractivity contribution in [1.82, 2.24) is 15.0 Å². The average molecular weight is 868 g/mol. The third-order valence-electron chi connectivity index (χ3n) is 14.3. The molecule has 0 saturated carbocycles. The molecule has 0 aliphatic heterocycles. The van der Waals surface area contributed by atoms with Gasteiger partial charge in [-0.15, -0.1) is 0 Å². The van der Waals surface area contributed by atoms with Crippen LogP contribution in [0.25, 0.3) is 121 Å². The minimum Gasteiger partial charge on any atom is -0.456 e. The second-order valence-electron chi connectivity index (χ2n) is 18.3. The van der Waals surface area contributed by atoms with Gasteiger partial charge < -0.3 is 4.42 Å². The standard InChI is InChI=1S/C64H41N3O/c1-2-12-39(13-3-1)41-22-25-42(26-23-41)62-65-63(51-27-24-40-14-4-5-15-43(40)31-51)67-64(66-62)52-36-58(61-59(37-52)57-35-48-20-10-11-21-49(48)38-60(57)68-61)53-29-28-50-30-44-16-6-7-17-45(44)32-54(50)56-34-47-19-9-8-18-46(47)33-55(53)56/h1-27,30-38,53H,28-29H2. The predicted molar refractivity (Wildman–Crippen MR) is 281 cm³/mol. The number of fused-ring (bicyclic) bond motifs is 10. The second-order valence-corrected chi connectivity index (χ2v) is 18.3. The van der Waals surface area contributed by atoms with Crippen LogP contribution in [-0.4, -0.2) is 15.0 Å². The zero-order valence-electron chi connectivity index (χ0n) is 37.0. The Bertz CT molecular complexity index is 4150. The molecule has 11 aromatic carbocycles. The first-order chi connectivity index (χ1) is 33.6. The number of hydrogen-bond acceptors (Lipinski definition) is 4. The summed E-state index contributed by atoms with van der Waals surface area (Å²) in [5.41, 5.74) is 13.2. The Morgan fingerprint density at radius 3 is 1.56 bits per heavy atom. The van der Waals surface area contributed by atoms with Crippen molar-refractivity contribution in [2.75, 3.05) is 0 Å². The van der Waals surface area contributed by atoms with Crippen LogP contribution in [0.15, 0.2) is 223 Å². The molecule has 0 fully saturated rings. The lowest BCUT2D eigenvalue weighted by molar-refractivity contribution is 0.648. The predicted octanol–water partition coefficient (Wildman–Crippen LogP) is 16.8. The fourth-order valence-corrected chi connectivity index (χ4v) is 10.8. The molecule has 0 amide bonds. The molecule has 14 rings (SSSR count). The number of rotatable bonds is 5. The van der Waals surface area contributed by atoms with Gasteiger partial charge in [0.1, 0.15) is 11.2 Å². The van der Waals surface area contributed by atoms with E-state index in [4.69, 9.17) is 19.4 Å². The fourth-order valence-electron chi connectivity index (χ4n) is 10.8. The molecule has 1 atom stereocenters. The first kappa shape index (κ1) is 38.5. The maximum atomic E-state index is 7.14. The highest BCUT2D eigenvalue weighted by Crippen LogP contribution is 2.48. The summed E-state index contributed by atoms with van der Waals surface area (Å²) < 4.78 is 7.14. The van der Waals surface area contributed by atoms with Gasteiger partial charge in [-0.1, -0.05) is 170 Å². The fraction of sp³-hybridized carbons (Fsp3) is 0.0469. The highest BCUT2D eigenvalue weighted by atomic mass is 16.3. The quantitative estimate of drug-likeness (QED) is 0.173. The molecule has 1 aliphatic carbocycles. The zero-order valence-corrected chi connectivity index (χ0v) is 37.0. The number of aromatic nitrogens is 3. The van der Waals surface area contributed by atoms with E-state index in [1.165, 1.54) is 54.6 Å². The molecule has 2 aromatic heterocycles. The summed E-state index contributed by atoms with van der Waals surface area (Å²) in [6.45, 7) is 0. The Hall–Kier alpha value is -8.73. The van der Waals surface area contributed by atoms with Crippen LogP contribution in [0.2, 0.25) is 0 Å². The van der Waals surface area contributed by atoms with Crippen LogP contribution < -0.4 is 0 Å². The minimum atomic E-state index is -0.00524. The minimum absolute atomic E-state index is 0.00524. The molecule has 0 spiro atoms. The third-order valence-corrected chi connectivity index (χ3v) is 14.3. The molecule has 1 aliphatic rings. The van der Waals surface area contributed by atoms with Gasteiger partial charge in [0.2, 0.25) is 0 Å². The number of benzene rings is 11. The van der Waals surface area contributed by atoms with Crippen LogP contribution in [0.3, 0.4) is 0 Å². The maximum absolute atomic E-state index is 7.14. The summed E-state index contributed by atoms with van der Waals surface area (Å²) in [4.78, 5) is 16.0. The smallest absolute Gasteiger partial charge is 0.164 e. The van der Waals surface area contributed by atoms with Gasteiger partial charge in [-0.05, 0) is 138 Å². The first-order valence-electron chi connectivity index (χ1n) is 23.5. The topological polar surface area (TPSA) is 51.8 Å². The van der Waals surface area contributed by atoms with Crippen molar-refractivity contribution in [3.63, 3.8) is 0 Å². The molecule has 4 heteroatoms.